The van der Waals surface area contributed by atoms with Crippen LogP contribution in [0, 0.1) is 11.6 Å². The first-order chi connectivity index (χ1) is 13.7. The molecule has 150 valence electrons. The Morgan fingerprint density at radius 1 is 1.07 bits per heavy atom. The van der Waals surface area contributed by atoms with Gasteiger partial charge in [0, 0.05) is 11.6 Å². The average Bonchev–Trinajstić information content (AvgIpc) is 3.29. The van der Waals surface area contributed by atoms with Gasteiger partial charge in [0.25, 0.3) is 0 Å². The lowest BCUT2D eigenvalue weighted by molar-refractivity contribution is -0.137. The minimum absolute atomic E-state index is 0.191. The highest BCUT2D eigenvalue weighted by Gasteiger charge is 2.49. The summed E-state index contributed by atoms with van der Waals surface area (Å²) in [5.41, 5.74) is -0.833. The molecule has 1 atom stereocenters. The summed E-state index contributed by atoms with van der Waals surface area (Å²) in [6.07, 6.45) is 0.200. The van der Waals surface area contributed by atoms with E-state index in [2.05, 4.69) is 10.1 Å². The van der Waals surface area contributed by atoms with Gasteiger partial charge in [-0.2, -0.15) is 18.3 Å². The second-order valence-electron chi connectivity index (χ2n) is 6.66. The minimum atomic E-state index is -4.38. The number of hydrogen-bond acceptors (Lipinski definition) is 3. The van der Waals surface area contributed by atoms with Crippen LogP contribution in [0.3, 0.4) is 0 Å². The summed E-state index contributed by atoms with van der Waals surface area (Å²) in [5.74, 6) is -1.02. The molecule has 0 spiro atoms. The van der Waals surface area contributed by atoms with E-state index in [0.29, 0.717) is 11.4 Å². The van der Waals surface area contributed by atoms with Gasteiger partial charge in [-0.3, -0.25) is 0 Å². The van der Waals surface area contributed by atoms with Crippen molar-refractivity contribution >= 4 is 12.2 Å². The number of benzene rings is 2. The predicted octanol–water partition coefficient (Wildman–Crippen LogP) is 4.67. The molecule has 9 heteroatoms. The van der Waals surface area contributed by atoms with Crippen LogP contribution in [-0.4, -0.2) is 21.4 Å². The van der Waals surface area contributed by atoms with Gasteiger partial charge in [0.05, 0.1) is 18.7 Å². The van der Waals surface area contributed by atoms with Crippen molar-refractivity contribution in [1.29, 1.82) is 0 Å². The maximum atomic E-state index is 14.1. The SMILES string of the molecule is Fc1ccc(C2(Cn3cnc(C=Cc4ccc(C(F)(F)F)cc4)n3)CO2)c(F)c1. The number of nitrogens with zero attached hydrogens (tertiary/aromatic N) is 3. The molecule has 0 bridgehead atoms. The number of alkyl halides is 3. The summed E-state index contributed by atoms with van der Waals surface area (Å²) >= 11 is 0. The Balaban J connectivity index is 1.45. The summed E-state index contributed by atoms with van der Waals surface area (Å²) in [6, 6.07) is 8.01. The Morgan fingerprint density at radius 2 is 1.79 bits per heavy atom. The van der Waals surface area contributed by atoms with Crippen LogP contribution in [0.25, 0.3) is 12.2 Å². The van der Waals surface area contributed by atoms with E-state index in [1.54, 1.807) is 12.2 Å². The number of halogens is 5. The number of aromatic nitrogens is 3. The van der Waals surface area contributed by atoms with Crippen LogP contribution in [0.5, 0.6) is 0 Å². The molecule has 4 rings (SSSR count). The summed E-state index contributed by atoms with van der Waals surface area (Å²) in [5, 5.41) is 4.24. The van der Waals surface area contributed by atoms with Gasteiger partial charge in [-0.1, -0.05) is 24.3 Å². The fraction of sp³-hybridized carbons (Fsp3) is 0.200. The number of ether oxygens (including phenoxy) is 1. The normalized spacial score (nSPS) is 19.1. The van der Waals surface area contributed by atoms with Crippen molar-refractivity contribution in [2.45, 2.75) is 18.3 Å². The number of hydrogen-bond donors (Lipinski definition) is 0. The molecule has 0 saturated carbocycles. The highest BCUT2D eigenvalue weighted by Crippen LogP contribution is 2.41. The van der Waals surface area contributed by atoms with Crippen molar-refractivity contribution in [3.8, 4) is 0 Å². The van der Waals surface area contributed by atoms with Crippen LogP contribution in [0.1, 0.15) is 22.5 Å². The predicted molar refractivity (Wildman–Crippen MR) is 94.4 cm³/mol. The van der Waals surface area contributed by atoms with E-state index in [0.717, 1.165) is 18.2 Å². The first kappa shape index (κ1) is 19.3. The second-order valence-corrected chi connectivity index (χ2v) is 6.66. The van der Waals surface area contributed by atoms with Gasteiger partial charge in [0.1, 0.15) is 23.6 Å². The quantitative estimate of drug-likeness (QED) is 0.456. The van der Waals surface area contributed by atoms with Crippen LogP contribution in [0.2, 0.25) is 0 Å². The van der Waals surface area contributed by atoms with Gasteiger partial charge < -0.3 is 4.74 Å². The standard InChI is InChI=1S/C20H14F5N3O/c21-15-6-7-16(17(22)9-15)19(11-29-19)10-28-12-26-18(27-28)8-3-13-1-4-14(5-2-13)20(23,24)25/h1-9,12H,10-11H2. The van der Waals surface area contributed by atoms with Crippen molar-refractivity contribution in [2.24, 2.45) is 0 Å². The van der Waals surface area contributed by atoms with E-state index in [-0.39, 0.29) is 18.7 Å². The minimum Gasteiger partial charge on any atom is -0.362 e. The molecule has 0 aliphatic carbocycles. The van der Waals surface area contributed by atoms with Crippen LogP contribution in [-0.2, 0) is 23.1 Å². The van der Waals surface area contributed by atoms with Crippen molar-refractivity contribution < 1.29 is 26.7 Å². The first-order valence-electron chi connectivity index (χ1n) is 8.59. The Labute approximate surface area is 162 Å². The van der Waals surface area contributed by atoms with Gasteiger partial charge in [-0.05, 0) is 29.8 Å². The maximum absolute atomic E-state index is 14.1. The molecular formula is C20H14F5N3O. The molecule has 1 saturated heterocycles. The third-order valence-electron chi connectivity index (χ3n) is 4.55. The van der Waals surface area contributed by atoms with Crippen LogP contribution in [0.4, 0.5) is 22.0 Å². The Bertz CT molecular complexity index is 1050. The third-order valence-corrected chi connectivity index (χ3v) is 4.55. The van der Waals surface area contributed by atoms with Crippen molar-refractivity contribution in [3.05, 3.63) is 82.9 Å². The topological polar surface area (TPSA) is 43.2 Å². The Morgan fingerprint density at radius 3 is 2.41 bits per heavy atom. The molecule has 1 aliphatic rings. The molecule has 0 radical (unpaired) electrons. The van der Waals surface area contributed by atoms with Crippen molar-refractivity contribution in [3.63, 3.8) is 0 Å². The highest BCUT2D eigenvalue weighted by molar-refractivity contribution is 5.66. The van der Waals surface area contributed by atoms with E-state index in [1.165, 1.54) is 35.3 Å². The zero-order valence-electron chi connectivity index (χ0n) is 14.8. The van der Waals surface area contributed by atoms with Gasteiger partial charge in [-0.15, -0.1) is 0 Å². The van der Waals surface area contributed by atoms with Crippen LogP contribution < -0.4 is 0 Å². The van der Waals surface area contributed by atoms with Crippen molar-refractivity contribution in [2.75, 3.05) is 6.61 Å². The molecule has 29 heavy (non-hydrogen) atoms. The maximum Gasteiger partial charge on any atom is 0.416 e. The van der Waals surface area contributed by atoms with Crippen LogP contribution >= 0.6 is 0 Å². The van der Waals surface area contributed by atoms with Crippen LogP contribution in [0.15, 0.2) is 48.8 Å². The molecule has 3 aromatic rings. The molecule has 1 unspecified atom stereocenters. The number of epoxide rings is 1. The van der Waals surface area contributed by atoms with Gasteiger partial charge in [0.15, 0.2) is 5.82 Å². The lowest BCUT2D eigenvalue weighted by Gasteiger charge is -2.13. The summed E-state index contributed by atoms with van der Waals surface area (Å²) in [6.45, 7) is 0.461. The van der Waals surface area contributed by atoms with E-state index in [1.807, 2.05) is 0 Å². The molecule has 0 N–H and O–H groups in total. The highest BCUT2D eigenvalue weighted by atomic mass is 19.4. The fourth-order valence-corrected chi connectivity index (χ4v) is 2.96. The number of rotatable bonds is 5. The molecule has 4 nitrogen and oxygen atoms in total. The van der Waals surface area contributed by atoms with E-state index >= 15 is 0 Å². The Hall–Kier alpha value is -3.07. The Kier molecular flexibility index (Phi) is 4.70. The van der Waals surface area contributed by atoms with E-state index in [9.17, 15) is 22.0 Å². The third kappa shape index (κ3) is 4.19. The molecule has 1 aliphatic heterocycles. The van der Waals surface area contributed by atoms with Gasteiger partial charge in [0.2, 0.25) is 0 Å². The smallest absolute Gasteiger partial charge is 0.362 e. The molecule has 1 aromatic heterocycles. The zero-order chi connectivity index (χ0) is 20.6. The lowest BCUT2D eigenvalue weighted by atomic mass is 9.99. The molecule has 0 amide bonds. The first-order valence-corrected chi connectivity index (χ1v) is 8.59. The van der Waals surface area contributed by atoms with Gasteiger partial charge >= 0.3 is 6.18 Å². The monoisotopic (exact) mass is 407 g/mol. The second kappa shape index (κ2) is 7.07. The largest absolute Gasteiger partial charge is 0.416 e. The molecule has 2 heterocycles. The lowest BCUT2D eigenvalue weighted by Crippen LogP contribution is -2.20. The van der Waals surface area contributed by atoms with E-state index in [4.69, 9.17) is 4.74 Å². The zero-order valence-corrected chi connectivity index (χ0v) is 14.8. The molecule has 2 aromatic carbocycles. The molecular weight excluding hydrogens is 393 g/mol. The molecule has 1 fully saturated rings. The summed E-state index contributed by atoms with van der Waals surface area (Å²) in [4.78, 5) is 4.11. The average molecular weight is 407 g/mol. The summed E-state index contributed by atoms with van der Waals surface area (Å²) < 4.78 is 71.8. The van der Waals surface area contributed by atoms with Gasteiger partial charge in [-0.25, -0.2) is 18.4 Å². The van der Waals surface area contributed by atoms with Crippen molar-refractivity contribution in [1.82, 2.24) is 14.8 Å². The summed E-state index contributed by atoms with van der Waals surface area (Å²) in [7, 11) is 0. The fourth-order valence-electron chi connectivity index (χ4n) is 2.96. The van der Waals surface area contributed by atoms with E-state index < -0.39 is 29.0 Å².